The van der Waals surface area contributed by atoms with Gasteiger partial charge < -0.3 is 4.57 Å². The number of rotatable bonds is 3. The SMILES string of the molecule is Cc1cc(/C=C2/SC(=S)N(c3ccccc3)C2=O)c(C)n1-c1ccccc1. The zero-order chi connectivity index (χ0) is 19.0. The summed E-state index contributed by atoms with van der Waals surface area (Å²) in [5.41, 5.74) is 5.18. The Morgan fingerprint density at radius 3 is 2.15 bits per heavy atom. The van der Waals surface area contributed by atoms with Crippen molar-refractivity contribution in [1.82, 2.24) is 4.57 Å². The second-order valence-corrected chi connectivity index (χ2v) is 8.03. The molecule has 1 saturated heterocycles. The van der Waals surface area contributed by atoms with E-state index in [1.807, 2.05) is 54.6 Å². The van der Waals surface area contributed by atoms with Gasteiger partial charge in [-0.3, -0.25) is 9.69 Å². The Labute approximate surface area is 168 Å². The van der Waals surface area contributed by atoms with Crippen molar-refractivity contribution in [3.63, 3.8) is 0 Å². The number of carbonyl (C=O) groups excluding carboxylic acids is 1. The first-order valence-electron chi connectivity index (χ1n) is 8.63. The van der Waals surface area contributed by atoms with Crippen molar-refractivity contribution in [2.45, 2.75) is 13.8 Å². The summed E-state index contributed by atoms with van der Waals surface area (Å²) in [4.78, 5) is 15.2. The summed E-state index contributed by atoms with van der Waals surface area (Å²) >= 11 is 6.81. The van der Waals surface area contributed by atoms with E-state index in [-0.39, 0.29) is 5.91 Å². The highest BCUT2D eigenvalue weighted by molar-refractivity contribution is 8.27. The first kappa shape index (κ1) is 17.8. The minimum absolute atomic E-state index is 0.0688. The summed E-state index contributed by atoms with van der Waals surface area (Å²) in [6.45, 7) is 4.15. The van der Waals surface area contributed by atoms with Gasteiger partial charge in [0.1, 0.15) is 0 Å². The average molecular weight is 391 g/mol. The van der Waals surface area contributed by atoms with Crippen LogP contribution in [0.25, 0.3) is 11.8 Å². The second-order valence-electron chi connectivity index (χ2n) is 6.35. The lowest BCUT2D eigenvalue weighted by molar-refractivity contribution is -0.113. The van der Waals surface area contributed by atoms with Crippen molar-refractivity contribution < 1.29 is 4.79 Å². The van der Waals surface area contributed by atoms with Crippen LogP contribution in [0.4, 0.5) is 5.69 Å². The molecule has 0 saturated carbocycles. The molecular weight excluding hydrogens is 372 g/mol. The van der Waals surface area contributed by atoms with Gasteiger partial charge >= 0.3 is 0 Å². The monoisotopic (exact) mass is 390 g/mol. The summed E-state index contributed by atoms with van der Waals surface area (Å²) in [6.07, 6.45) is 1.95. The number of amides is 1. The van der Waals surface area contributed by atoms with Crippen LogP contribution in [-0.4, -0.2) is 14.8 Å². The van der Waals surface area contributed by atoms with Crippen LogP contribution in [-0.2, 0) is 4.79 Å². The standard InChI is InChI=1S/C22H18N2OS2/c1-15-13-17(16(2)23(15)18-9-5-3-6-10-18)14-20-21(25)24(22(26)27-20)19-11-7-4-8-12-19/h3-14H,1-2H3/b20-14+. The van der Waals surface area contributed by atoms with Gasteiger partial charge in [-0.05, 0) is 55.8 Å². The van der Waals surface area contributed by atoms with Gasteiger partial charge in [0.05, 0.1) is 10.6 Å². The fourth-order valence-electron chi connectivity index (χ4n) is 3.32. The fraction of sp³-hybridized carbons (Fsp3) is 0.0909. The van der Waals surface area contributed by atoms with Gasteiger partial charge in [0.2, 0.25) is 0 Å². The average Bonchev–Trinajstić information content (AvgIpc) is 3.11. The molecule has 2 heterocycles. The van der Waals surface area contributed by atoms with Crippen LogP contribution in [0.2, 0.25) is 0 Å². The number of nitrogens with zero attached hydrogens (tertiary/aromatic N) is 2. The molecule has 5 heteroatoms. The van der Waals surface area contributed by atoms with Crippen LogP contribution < -0.4 is 4.90 Å². The molecule has 0 bridgehead atoms. The summed E-state index contributed by atoms with van der Waals surface area (Å²) in [7, 11) is 0. The molecule has 4 rings (SSSR count). The van der Waals surface area contributed by atoms with Crippen LogP contribution in [0.5, 0.6) is 0 Å². The van der Waals surface area contributed by atoms with E-state index in [1.54, 1.807) is 4.90 Å². The smallest absolute Gasteiger partial charge is 0.270 e. The van der Waals surface area contributed by atoms with Gasteiger partial charge in [-0.15, -0.1) is 0 Å². The van der Waals surface area contributed by atoms with Crippen molar-refractivity contribution in [2.24, 2.45) is 0 Å². The van der Waals surface area contributed by atoms with Crippen molar-refractivity contribution in [1.29, 1.82) is 0 Å². The summed E-state index contributed by atoms with van der Waals surface area (Å²) < 4.78 is 2.76. The molecule has 27 heavy (non-hydrogen) atoms. The maximum Gasteiger partial charge on any atom is 0.270 e. The number of thioether (sulfide) groups is 1. The minimum Gasteiger partial charge on any atom is -0.318 e. The molecule has 0 N–H and O–H groups in total. The first-order valence-corrected chi connectivity index (χ1v) is 9.86. The number of hydrogen-bond donors (Lipinski definition) is 0. The van der Waals surface area contributed by atoms with Gasteiger partial charge in [0.25, 0.3) is 5.91 Å². The molecule has 3 aromatic rings. The molecular formula is C22H18N2OS2. The number of thiocarbonyl (C=S) groups is 1. The molecule has 0 spiro atoms. The normalized spacial score (nSPS) is 15.8. The lowest BCUT2D eigenvalue weighted by Crippen LogP contribution is -2.27. The van der Waals surface area contributed by atoms with Crippen LogP contribution in [0, 0.1) is 13.8 Å². The molecule has 1 aliphatic heterocycles. The number of hydrogen-bond acceptors (Lipinski definition) is 3. The van der Waals surface area contributed by atoms with Crippen LogP contribution >= 0.6 is 24.0 Å². The van der Waals surface area contributed by atoms with Crippen LogP contribution in [0.15, 0.2) is 71.6 Å². The summed E-state index contributed by atoms with van der Waals surface area (Å²) in [5.74, 6) is -0.0688. The lowest BCUT2D eigenvalue weighted by atomic mass is 10.2. The molecule has 0 aliphatic carbocycles. The Balaban J connectivity index is 1.71. The quantitative estimate of drug-likeness (QED) is 0.436. The Morgan fingerprint density at radius 2 is 1.52 bits per heavy atom. The largest absolute Gasteiger partial charge is 0.318 e. The van der Waals surface area contributed by atoms with E-state index in [4.69, 9.17) is 12.2 Å². The van der Waals surface area contributed by atoms with E-state index in [1.165, 1.54) is 11.8 Å². The Morgan fingerprint density at radius 1 is 0.926 bits per heavy atom. The van der Waals surface area contributed by atoms with E-state index in [2.05, 4.69) is 36.6 Å². The molecule has 0 radical (unpaired) electrons. The second kappa shape index (κ2) is 7.18. The number of aromatic nitrogens is 1. The molecule has 0 unspecified atom stereocenters. The van der Waals surface area contributed by atoms with Gasteiger partial charge in [0.15, 0.2) is 4.32 Å². The summed E-state index contributed by atoms with van der Waals surface area (Å²) in [6, 6.07) is 21.9. The maximum absolute atomic E-state index is 12.9. The predicted molar refractivity (Wildman–Crippen MR) is 117 cm³/mol. The number of aryl methyl sites for hydroxylation is 1. The first-order chi connectivity index (χ1) is 13.1. The number of benzene rings is 2. The highest BCUT2D eigenvalue weighted by Gasteiger charge is 2.33. The van der Waals surface area contributed by atoms with E-state index in [9.17, 15) is 4.79 Å². The lowest BCUT2D eigenvalue weighted by Gasteiger charge is -2.13. The van der Waals surface area contributed by atoms with E-state index >= 15 is 0 Å². The topological polar surface area (TPSA) is 25.2 Å². The van der Waals surface area contributed by atoms with E-state index in [0.717, 1.165) is 28.3 Å². The van der Waals surface area contributed by atoms with Crippen molar-refractivity contribution >= 4 is 46.0 Å². The highest BCUT2D eigenvalue weighted by Crippen LogP contribution is 2.36. The Bertz CT molecular complexity index is 1050. The van der Waals surface area contributed by atoms with Crippen molar-refractivity contribution in [2.75, 3.05) is 4.90 Å². The van der Waals surface area contributed by atoms with Crippen molar-refractivity contribution in [3.05, 3.63) is 88.6 Å². The molecule has 1 aromatic heterocycles. The third-order valence-electron chi connectivity index (χ3n) is 4.58. The molecule has 1 aliphatic rings. The zero-order valence-corrected chi connectivity index (χ0v) is 16.7. The zero-order valence-electron chi connectivity index (χ0n) is 15.0. The predicted octanol–water partition coefficient (Wildman–Crippen LogP) is 5.50. The fourth-order valence-corrected chi connectivity index (χ4v) is 4.61. The molecule has 134 valence electrons. The Hall–Kier alpha value is -2.63. The molecule has 1 fully saturated rings. The van der Waals surface area contributed by atoms with E-state index < -0.39 is 0 Å². The molecule has 0 atom stereocenters. The third kappa shape index (κ3) is 3.24. The number of anilines is 1. The van der Waals surface area contributed by atoms with Gasteiger partial charge in [-0.2, -0.15) is 0 Å². The van der Waals surface area contributed by atoms with Crippen molar-refractivity contribution in [3.8, 4) is 5.69 Å². The maximum atomic E-state index is 12.9. The molecule has 1 amide bonds. The molecule has 3 nitrogen and oxygen atoms in total. The number of carbonyl (C=O) groups is 1. The molecule has 2 aromatic carbocycles. The number of para-hydroxylation sites is 2. The van der Waals surface area contributed by atoms with E-state index in [0.29, 0.717) is 9.23 Å². The minimum atomic E-state index is -0.0688. The van der Waals surface area contributed by atoms with Gasteiger partial charge in [0, 0.05) is 17.1 Å². The van der Waals surface area contributed by atoms with Gasteiger partial charge in [-0.25, -0.2) is 0 Å². The van der Waals surface area contributed by atoms with Gasteiger partial charge in [-0.1, -0.05) is 60.4 Å². The third-order valence-corrected chi connectivity index (χ3v) is 5.88. The van der Waals surface area contributed by atoms with Crippen LogP contribution in [0.1, 0.15) is 17.0 Å². The highest BCUT2D eigenvalue weighted by atomic mass is 32.2. The van der Waals surface area contributed by atoms with Crippen LogP contribution in [0.3, 0.4) is 0 Å². The summed E-state index contributed by atoms with van der Waals surface area (Å²) in [5, 5.41) is 0. The Kier molecular flexibility index (Phi) is 4.72.